The molecule has 74 valence electrons. The molecule has 1 N–H and O–H groups in total. The van der Waals surface area contributed by atoms with Gasteiger partial charge in [-0.2, -0.15) is 0 Å². The van der Waals surface area contributed by atoms with Crippen LogP contribution in [-0.4, -0.2) is 16.1 Å². The lowest BCUT2D eigenvalue weighted by Gasteiger charge is -2.06. The van der Waals surface area contributed by atoms with Crippen LogP contribution in [0, 0.1) is 17.7 Å². The van der Waals surface area contributed by atoms with E-state index >= 15 is 0 Å². The summed E-state index contributed by atoms with van der Waals surface area (Å²) in [5.41, 5.74) is 0. The van der Waals surface area contributed by atoms with Crippen LogP contribution in [0.5, 0.6) is 0 Å². The Hall–Kier alpha value is -0.930. The van der Waals surface area contributed by atoms with Gasteiger partial charge in [-0.25, -0.2) is 0 Å². The minimum absolute atomic E-state index is 0.151. The van der Waals surface area contributed by atoms with E-state index in [0.717, 1.165) is 10.0 Å². The SMILES string of the molecule is Cc1nnc(C(C)NC(=O)C#CBr)s1. The first-order valence-electron chi connectivity index (χ1n) is 3.85. The molecular formula is C8H8BrN3OS. The van der Waals surface area contributed by atoms with Crippen molar-refractivity contribution in [2.24, 2.45) is 0 Å². The Morgan fingerprint density at radius 3 is 2.86 bits per heavy atom. The molecule has 0 bridgehead atoms. The van der Waals surface area contributed by atoms with Gasteiger partial charge in [0.25, 0.3) is 5.91 Å². The number of amides is 1. The van der Waals surface area contributed by atoms with Gasteiger partial charge >= 0.3 is 0 Å². The zero-order valence-electron chi connectivity index (χ0n) is 7.67. The van der Waals surface area contributed by atoms with Gasteiger partial charge in [0, 0.05) is 21.9 Å². The monoisotopic (exact) mass is 273 g/mol. The van der Waals surface area contributed by atoms with Crippen molar-refractivity contribution < 1.29 is 4.79 Å². The van der Waals surface area contributed by atoms with Gasteiger partial charge in [-0.15, -0.1) is 10.2 Å². The Labute approximate surface area is 94.2 Å². The molecule has 0 radical (unpaired) electrons. The number of hydrogen-bond acceptors (Lipinski definition) is 4. The number of rotatable bonds is 2. The highest BCUT2D eigenvalue weighted by Crippen LogP contribution is 2.16. The van der Waals surface area contributed by atoms with Gasteiger partial charge in [0.2, 0.25) is 0 Å². The molecule has 1 rings (SSSR count). The summed E-state index contributed by atoms with van der Waals surface area (Å²) in [6, 6.07) is -0.151. The molecule has 0 aliphatic heterocycles. The summed E-state index contributed by atoms with van der Waals surface area (Å²) in [5.74, 6) is 1.99. The second-order valence-corrected chi connectivity index (χ2v) is 4.18. The van der Waals surface area contributed by atoms with Crippen LogP contribution in [0.1, 0.15) is 23.0 Å². The van der Waals surface area contributed by atoms with Gasteiger partial charge < -0.3 is 5.32 Å². The van der Waals surface area contributed by atoms with Crippen molar-refractivity contribution in [3.63, 3.8) is 0 Å². The van der Waals surface area contributed by atoms with Gasteiger partial charge in [0.15, 0.2) is 0 Å². The van der Waals surface area contributed by atoms with Gasteiger partial charge in [0.1, 0.15) is 10.0 Å². The van der Waals surface area contributed by atoms with Crippen LogP contribution < -0.4 is 5.32 Å². The fraction of sp³-hybridized carbons (Fsp3) is 0.375. The van der Waals surface area contributed by atoms with E-state index in [1.54, 1.807) is 0 Å². The van der Waals surface area contributed by atoms with E-state index in [1.165, 1.54) is 11.3 Å². The molecule has 0 aliphatic rings. The van der Waals surface area contributed by atoms with Crippen molar-refractivity contribution in [2.75, 3.05) is 0 Å². The minimum atomic E-state index is -0.331. The molecule has 1 atom stereocenters. The van der Waals surface area contributed by atoms with Crippen molar-refractivity contribution in [3.05, 3.63) is 10.0 Å². The van der Waals surface area contributed by atoms with Crippen LogP contribution in [0.2, 0.25) is 0 Å². The molecule has 0 saturated carbocycles. The molecule has 1 aromatic heterocycles. The van der Waals surface area contributed by atoms with Gasteiger partial charge in [-0.3, -0.25) is 4.79 Å². The van der Waals surface area contributed by atoms with Crippen molar-refractivity contribution >= 4 is 33.2 Å². The summed E-state index contributed by atoms with van der Waals surface area (Å²) in [6.07, 6.45) is 0. The Kier molecular flexibility index (Phi) is 4.04. The quantitative estimate of drug-likeness (QED) is 0.829. The summed E-state index contributed by atoms with van der Waals surface area (Å²) in [6.45, 7) is 3.71. The molecule has 4 nitrogen and oxygen atoms in total. The van der Waals surface area contributed by atoms with Gasteiger partial charge in [0.05, 0.1) is 6.04 Å². The molecule has 1 aromatic rings. The molecule has 0 fully saturated rings. The second kappa shape index (κ2) is 5.08. The van der Waals surface area contributed by atoms with E-state index in [1.807, 2.05) is 13.8 Å². The highest BCUT2D eigenvalue weighted by Gasteiger charge is 2.11. The first-order chi connectivity index (χ1) is 6.63. The molecule has 1 amide bonds. The highest BCUT2D eigenvalue weighted by molar-refractivity contribution is 9.12. The first-order valence-corrected chi connectivity index (χ1v) is 5.46. The largest absolute Gasteiger partial charge is 0.336 e. The maximum atomic E-state index is 11.1. The smallest absolute Gasteiger partial charge is 0.297 e. The van der Waals surface area contributed by atoms with E-state index in [4.69, 9.17) is 0 Å². The topological polar surface area (TPSA) is 54.9 Å². The van der Waals surface area contributed by atoms with E-state index in [-0.39, 0.29) is 11.9 Å². The lowest BCUT2D eigenvalue weighted by molar-refractivity contribution is -0.116. The number of nitrogens with one attached hydrogen (secondary N) is 1. The van der Waals surface area contributed by atoms with Crippen molar-refractivity contribution in [3.8, 4) is 10.8 Å². The van der Waals surface area contributed by atoms with Crippen LogP contribution in [0.15, 0.2) is 0 Å². The number of hydrogen-bond donors (Lipinski definition) is 1. The van der Waals surface area contributed by atoms with Crippen LogP contribution in [0.4, 0.5) is 0 Å². The lowest BCUT2D eigenvalue weighted by Crippen LogP contribution is -2.24. The van der Waals surface area contributed by atoms with Crippen LogP contribution in [0.25, 0.3) is 0 Å². The van der Waals surface area contributed by atoms with Crippen molar-refractivity contribution in [2.45, 2.75) is 19.9 Å². The highest BCUT2D eigenvalue weighted by atomic mass is 79.9. The summed E-state index contributed by atoms with van der Waals surface area (Å²) >= 11 is 4.31. The molecule has 0 aliphatic carbocycles. The molecule has 14 heavy (non-hydrogen) atoms. The first kappa shape index (κ1) is 11.1. The minimum Gasteiger partial charge on any atom is -0.336 e. The third-order valence-corrected chi connectivity index (χ3v) is 2.64. The molecule has 0 aromatic carbocycles. The molecule has 1 heterocycles. The summed E-state index contributed by atoms with van der Waals surface area (Å²) in [7, 11) is 0. The standard InChI is InChI=1S/C8H8BrN3OS/c1-5(10-7(13)3-4-9)8-12-11-6(2)14-8/h5H,1-2H3,(H,10,13). The lowest BCUT2D eigenvalue weighted by atomic mass is 10.3. The molecule has 0 saturated heterocycles. The fourth-order valence-corrected chi connectivity index (χ4v) is 1.71. The molecule has 1 unspecified atom stereocenters. The third kappa shape index (κ3) is 3.09. The molecule has 6 heteroatoms. The maximum absolute atomic E-state index is 11.1. The zero-order valence-corrected chi connectivity index (χ0v) is 10.1. The number of nitrogens with zero attached hydrogens (tertiary/aromatic N) is 2. The predicted octanol–water partition coefficient (Wildman–Crippen LogP) is 1.38. The zero-order chi connectivity index (χ0) is 10.6. The van der Waals surface area contributed by atoms with E-state index in [2.05, 4.69) is 42.2 Å². The number of carbonyl (C=O) groups excluding carboxylic acids is 1. The Balaban J connectivity index is 2.61. The van der Waals surface area contributed by atoms with Crippen molar-refractivity contribution in [1.29, 1.82) is 0 Å². The van der Waals surface area contributed by atoms with E-state index in [0.29, 0.717) is 0 Å². The van der Waals surface area contributed by atoms with Crippen molar-refractivity contribution in [1.82, 2.24) is 15.5 Å². The Morgan fingerprint density at radius 1 is 1.64 bits per heavy atom. The second-order valence-electron chi connectivity index (χ2n) is 2.57. The average molecular weight is 274 g/mol. The fourth-order valence-electron chi connectivity index (χ4n) is 0.824. The number of halogens is 1. The summed E-state index contributed by atoms with van der Waals surface area (Å²) in [4.78, 5) is 13.4. The van der Waals surface area contributed by atoms with E-state index < -0.39 is 0 Å². The van der Waals surface area contributed by atoms with E-state index in [9.17, 15) is 4.79 Å². The maximum Gasteiger partial charge on any atom is 0.297 e. The molecule has 0 spiro atoms. The van der Waals surface area contributed by atoms with Gasteiger partial charge in [-0.05, 0) is 18.7 Å². The predicted molar refractivity (Wildman–Crippen MR) is 57.9 cm³/mol. The molecular weight excluding hydrogens is 266 g/mol. The van der Waals surface area contributed by atoms with Gasteiger partial charge in [-0.1, -0.05) is 11.3 Å². The number of aryl methyl sites for hydroxylation is 1. The van der Waals surface area contributed by atoms with Crippen LogP contribution >= 0.6 is 27.3 Å². The normalized spacial score (nSPS) is 11.4. The summed E-state index contributed by atoms with van der Waals surface area (Å²) in [5, 5.41) is 12.1. The third-order valence-electron chi connectivity index (χ3n) is 1.42. The number of carbonyl (C=O) groups is 1. The average Bonchev–Trinajstić information content (AvgIpc) is 2.52. The van der Waals surface area contributed by atoms with Crippen LogP contribution in [0.3, 0.4) is 0 Å². The summed E-state index contributed by atoms with van der Waals surface area (Å²) < 4.78 is 0. The Bertz CT molecular complexity index is 393. The Morgan fingerprint density at radius 2 is 2.36 bits per heavy atom. The van der Waals surface area contributed by atoms with Crippen LogP contribution in [-0.2, 0) is 4.79 Å². The number of aromatic nitrogens is 2.